The van der Waals surface area contributed by atoms with Crippen LogP contribution >= 0.6 is 0 Å². The van der Waals surface area contributed by atoms with Crippen molar-refractivity contribution in [3.63, 3.8) is 0 Å². The van der Waals surface area contributed by atoms with Crippen LogP contribution < -0.4 is 0 Å². The monoisotopic (exact) mass is 206 g/mol. The summed E-state index contributed by atoms with van der Waals surface area (Å²) in [6, 6.07) is 0. The van der Waals surface area contributed by atoms with Gasteiger partial charge in [0.05, 0.1) is 0 Å². The fourth-order valence-electron chi connectivity index (χ4n) is 2.38. The van der Waals surface area contributed by atoms with Gasteiger partial charge in [-0.05, 0) is 30.3 Å². The first-order valence-corrected chi connectivity index (χ1v) is 5.84. The zero-order valence-electron chi connectivity index (χ0n) is 10.3. The molecule has 0 bridgehead atoms. The molecule has 15 heavy (non-hydrogen) atoms. The summed E-state index contributed by atoms with van der Waals surface area (Å²) in [4.78, 5) is 11.1. The highest BCUT2D eigenvalue weighted by molar-refractivity contribution is 5.89. The van der Waals surface area contributed by atoms with Crippen molar-refractivity contribution in [2.75, 3.05) is 0 Å². The van der Waals surface area contributed by atoms with Crippen molar-refractivity contribution >= 4 is 5.78 Å². The average Bonchev–Trinajstić information content (AvgIpc) is 2.39. The van der Waals surface area contributed by atoms with Crippen LogP contribution in [0.5, 0.6) is 0 Å². The molecule has 0 aliphatic heterocycles. The lowest BCUT2D eigenvalue weighted by molar-refractivity contribution is -0.114. The maximum atomic E-state index is 11.1. The number of hydrogen-bond donors (Lipinski definition) is 0. The van der Waals surface area contributed by atoms with Gasteiger partial charge in [0, 0.05) is 6.42 Å². The highest BCUT2D eigenvalue weighted by Crippen LogP contribution is 2.44. The molecule has 0 spiro atoms. The lowest BCUT2D eigenvalue weighted by atomic mass is 9.91. The quantitative estimate of drug-likeness (QED) is 0.640. The zero-order chi connectivity index (χ0) is 11.5. The number of carbonyl (C=O) groups is 1. The number of ketones is 1. The van der Waals surface area contributed by atoms with Crippen molar-refractivity contribution in [1.82, 2.24) is 0 Å². The van der Waals surface area contributed by atoms with Crippen LogP contribution in [0.4, 0.5) is 0 Å². The van der Waals surface area contributed by atoms with Gasteiger partial charge in [0.2, 0.25) is 0 Å². The van der Waals surface area contributed by atoms with Gasteiger partial charge in [0.25, 0.3) is 0 Å². The van der Waals surface area contributed by atoms with Crippen molar-refractivity contribution < 1.29 is 4.79 Å². The molecule has 1 fully saturated rings. The van der Waals surface area contributed by atoms with Crippen LogP contribution in [0.1, 0.15) is 47.0 Å². The van der Waals surface area contributed by atoms with Crippen molar-refractivity contribution in [2.24, 2.45) is 11.3 Å². The smallest absolute Gasteiger partial charge is 0.155 e. The molecule has 1 heteroatoms. The van der Waals surface area contributed by atoms with Gasteiger partial charge in [-0.1, -0.05) is 45.4 Å². The van der Waals surface area contributed by atoms with Crippen molar-refractivity contribution in [1.29, 1.82) is 0 Å². The Morgan fingerprint density at radius 2 is 2.20 bits per heavy atom. The summed E-state index contributed by atoms with van der Waals surface area (Å²) in [6.07, 6.45) is 8.75. The summed E-state index contributed by atoms with van der Waals surface area (Å²) < 4.78 is 0. The summed E-state index contributed by atoms with van der Waals surface area (Å²) in [5.41, 5.74) is 1.92. The normalized spacial score (nSPS) is 27.7. The van der Waals surface area contributed by atoms with Crippen LogP contribution in [0.3, 0.4) is 0 Å². The molecule has 1 unspecified atom stereocenters. The van der Waals surface area contributed by atoms with E-state index in [-0.39, 0.29) is 5.78 Å². The van der Waals surface area contributed by atoms with Crippen LogP contribution in [0.2, 0.25) is 0 Å². The minimum atomic E-state index is 0.205. The summed E-state index contributed by atoms with van der Waals surface area (Å²) >= 11 is 0. The van der Waals surface area contributed by atoms with E-state index < -0.39 is 0 Å². The molecule has 0 N–H and O–H groups in total. The zero-order valence-corrected chi connectivity index (χ0v) is 10.3. The molecule has 0 heterocycles. The Morgan fingerprint density at radius 1 is 1.53 bits per heavy atom. The first kappa shape index (κ1) is 12.2. The fourth-order valence-corrected chi connectivity index (χ4v) is 2.38. The molecule has 0 aromatic heterocycles. The van der Waals surface area contributed by atoms with Gasteiger partial charge in [-0.3, -0.25) is 4.79 Å². The maximum absolute atomic E-state index is 11.1. The van der Waals surface area contributed by atoms with Gasteiger partial charge in [-0.15, -0.1) is 0 Å². The highest BCUT2D eigenvalue weighted by Gasteiger charge is 2.31. The summed E-state index contributed by atoms with van der Waals surface area (Å²) in [6.45, 7) is 8.79. The van der Waals surface area contributed by atoms with Crippen LogP contribution in [0, 0.1) is 11.3 Å². The predicted molar refractivity (Wildman–Crippen MR) is 64.7 cm³/mol. The Balaban J connectivity index is 2.61. The van der Waals surface area contributed by atoms with Gasteiger partial charge in [-0.25, -0.2) is 0 Å². The van der Waals surface area contributed by atoms with E-state index in [1.165, 1.54) is 18.4 Å². The minimum Gasteiger partial charge on any atom is -0.295 e. The standard InChI is InChI=1S/C14H22O/c1-5-13(15)8-6-7-12-10-14(3,4)9-11(12)2/h6-8,11H,5,9-10H2,1-4H3/b8-6+,12-7-. The van der Waals surface area contributed by atoms with Gasteiger partial charge in [0.1, 0.15) is 0 Å². The van der Waals surface area contributed by atoms with Crippen molar-refractivity contribution in [2.45, 2.75) is 47.0 Å². The second kappa shape index (κ2) is 4.78. The van der Waals surface area contributed by atoms with E-state index in [0.29, 0.717) is 17.8 Å². The van der Waals surface area contributed by atoms with Crippen LogP contribution in [0.25, 0.3) is 0 Å². The molecule has 1 saturated carbocycles. The molecule has 1 nitrogen and oxygen atoms in total. The fraction of sp³-hybridized carbons (Fsp3) is 0.643. The lowest BCUT2D eigenvalue weighted by Gasteiger charge is -2.14. The lowest BCUT2D eigenvalue weighted by Crippen LogP contribution is -2.03. The molecular weight excluding hydrogens is 184 g/mol. The molecule has 0 radical (unpaired) electrons. The van der Waals surface area contributed by atoms with E-state index in [2.05, 4.69) is 26.8 Å². The first-order chi connectivity index (χ1) is 6.94. The number of rotatable bonds is 3. The van der Waals surface area contributed by atoms with E-state index >= 15 is 0 Å². The molecule has 0 aromatic rings. The van der Waals surface area contributed by atoms with Gasteiger partial charge in [0.15, 0.2) is 5.78 Å². The van der Waals surface area contributed by atoms with E-state index in [0.717, 1.165) is 0 Å². The summed E-state index contributed by atoms with van der Waals surface area (Å²) in [5.74, 6) is 0.873. The molecule has 0 aromatic carbocycles. The second-order valence-electron chi connectivity index (χ2n) is 5.37. The van der Waals surface area contributed by atoms with E-state index in [1.807, 2.05) is 13.0 Å². The SMILES string of the molecule is CCC(=O)/C=C/C=C1/CC(C)(C)CC1C. The molecule has 1 aliphatic carbocycles. The largest absolute Gasteiger partial charge is 0.295 e. The number of hydrogen-bond acceptors (Lipinski definition) is 1. The Labute approximate surface area is 93.3 Å². The van der Waals surface area contributed by atoms with Crippen LogP contribution in [-0.4, -0.2) is 5.78 Å². The molecule has 0 saturated heterocycles. The highest BCUT2D eigenvalue weighted by atomic mass is 16.1. The second-order valence-corrected chi connectivity index (χ2v) is 5.37. The van der Waals surface area contributed by atoms with Crippen LogP contribution in [0.15, 0.2) is 23.8 Å². The topological polar surface area (TPSA) is 17.1 Å². The van der Waals surface area contributed by atoms with Gasteiger partial charge >= 0.3 is 0 Å². The third kappa shape index (κ3) is 3.65. The Hall–Kier alpha value is -0.850. The van der Waals surface area contributed by atoms with Crippen molar-refractivity contribution in [3.8, 4) is 0 Å². The Bertz CT molecular complexity index is 294. The third-order valence-electron chi connectivity index (χ3n) is 3.12. The molecular formula is C14H22O. The third-order valence-corrected chi connectivity index (χ3v) is 3.12. The molecule has 0 amide bonds. The maximum Gasteiger partial charge on any atom is 0.155 e. The molecule has 1 rings (SSSR count). The van der Waals surface area contributed by atoms with E-state index in [1.54, 1.807) is 6.08 Å². The van der Waals surface area contributed by atoms with Crippen molar-refractivity contribution in [3.05, 3.63) is 23.8 Å². The summed E-state index contributed by atoms with van der Waals surface area (Å²) in [7, 11) is 0. The number of allylic oxidation sites excluding steroid dienone is 4. The molecule has 1 aliphatic rings. The Kier molecular flexibility index (Phi) is 3.90. The summed E-state index contributed by atoms with van der Waals surface area (Å²) in [5, 5.41) is 0. The van der Waals surface area contributed by atoms with Gasteiger partial charge in [-0.2, -0.15) is 0 Å². The minimum absolute atomic E-state index is 0.205. The first-order valence-electron chi connectivity index (χ1n) is 5.84. The number of carbonyl (C=O) groups excluding carboxylic acids is 1. The molecule has 1 atom stereocenters. The van der Waals surface area contributed by atoms with E-state index in [9.17, 15) is 4.79 Å². The van der Waals surface area contributed by atoms with Gasteiger partial charge < -0.3 is 0 Å². The molecule has 84 valence electrons. The Morgan fingerprint density at radius 3 is 2.67 bits per heavy atom. The predicted octanol–water partition coefficient (Wildman–Crippen LogP) is 3.90. The van der Waals surface area contributed by atoms with E-state index in [4.69, 9.17) is 0 Å². The van der Waals surface area contributed by atoms with Crippen LogP contribution in [-0.2, 0) is 4.79 Å². The average molecular weight is 206 g/mol.